The van der Waals surface area contributed by atoms with Gasteiger partial charge in [-0.3, -0.25) is 0 Å². The fourth-order valence-corrected chi connectivity index (χ4v) is 1.66. The van der Waals surface area contributed by atoms with Gasteiger partial charge in [-0.15, -0.1) is 0 Å². The quantitative estimate of drug-likeness (QED) is 0.627. The van der Waals surface area contributed by atoms with Crippen LogP contribution in [-0.4, -0.2) is 40.9 Å². The zero-order valence-corrected chi connectivity index (χ0v) is 11.9. The molecule has 1 heterocycles. The van der Waals surface area contributed by atoms with E-state index in [1.165, 1.54) is 12.7 Å². The summed E-state index contributed by atoms with van der Waals surface area (Å²) in [5, 5.41) is 12.9. The molecule has 1 rings (SSSR count). The van der Waals surface area contributed by atoms with Crippen LogP contribution in [0.1, 0.15) is 32.4 Å². The molecule has 0 radical (unpaired) electrons. The van der Waals surface area contributed by atoms with Gasteiger partial charge in [0.25, 0.3) is 0 Å². The standard InChI is InChI=1S/C14H25N3O2/c1-12(2)4-3-7-19-10-14(18)9-16-8-13-5-6-15-11-17-13/h5-6,11-12,14,16,18H,3-4,7-10H2,1-2H3. The number of aromatic nitrogens is 2. The van der Waals surface area contributed by atoms with Gasteiger partial charge >= 0.3 is 0 Å². The first-order valence-corrected chi connectivity index (χ1v) is 6.90. The van der Waals surface area contributed by atoms with E-state index in [1.807, 2.05) is 6.07 Å². The molecule has 0 aromatic carbocycles. The van der Waals surface area contributed by atoms with Crippen molar-refractivity contribution >= 4 is 0 Å². The number of nitrogens with one attached hydrogen (secondary N) is 1. The van der Waals surface area contributed by atoms with Crippen molar-refractivity contribution in [1.29, 1.82) is 0 Å². The highest BCUT2D eigenvalue weighted by Gasteiger charge is 2.04. The minimum Gasteiger partial charge on any atom is -0.389 e. The number of rotatable bonds is 10. The molecular weight excluding hydrogens is 242 g/mol. The normalized spacial score (nSPS) is 12.8. The van der Waals surface area contributed by atoms with E-state index < -0.39 is 6.10 Å². The van der Waals surface area contributed by atoms with Crippen molar-refractivity contribution in [2.45, 2.75) is 39.3 Å². The topological polar surface area (TPSA) is 67.3 Å². The van der Waals surface area contributed by atoms with Gasteiger partial charge in [0.1, 0.15) is 6.33 Å². The lowest BCUT2D eigenvalue weighted by molar-refractivity contribution is 0.0346. The average Bonchev–Trinajstić information content (AvgIpc) is 2.39. The van der Waals surface area contributed by atoms with E-state index in [9.17, 15) is 5.11 Å². The monoisotopic (exact) mass is 267 g/mol. The highest BCUT2D eigenvalue weighted by Crippen LogP contribution is 2.03. The molecule has 0 aliphatic rings. The average molecular weight is 267 g/mol. The van der Waals surface area contributed by atoms with Crippen LogP contribution < -0.4 is 5.32 Å². The van der Waals surface area contributed by atoms with Crippen molar-refractivity contribution in [3.63, 3.8) is 0 Å². The molecule has 0 saturated carbocycles. The second-order valence-corrected chi connectivity index (χ2v) is 5.10. The van der Waals surface area contributed by atoms with E-state index in [4.69, 9.17) is 4.74 Å². The van der Waals surface area contributed by atoms with E-state index in [0.717, 1.165) is 18.7 Å². The van der Waals surface area contributed by atoms with E-state index in [1.54, 1.807) is 6.20 Å². The number of aliphatic hydroxyl groups excluding tert-OH is 1. The number of nitrogens with zero attached hydrogens (tertiary/aromatic N) is 2. The highest BCUT2D eigenvalue weighted by atomic mass is 16.5. The first-order valence-electron chi connectivity index (χ1n) is 6.90. The summed E-state index contributed by atoms with van der Waals surface area (Å²) in [4.78, 5) is 7.94. The van der Waals surface area contributed by atoms with E-state index in [2.05, 4.69) is 29.1 Å². The molecule has 0 saturated heterocycles. The third-order valence-electron chi connectivity index (χ3n) is 2.71. The van der Waals surface area contributed by atoms with E-state index >= 15 is 0 Å². The van der Waals surface area contributed by atoms with Gasteiger partial charge in [-0.05, 0) is 24.8 Å². The highest BCUT2D eigenvalue weighted by molar-refractivity contribution is 4.96. The Kier molecular flexibility index (Phi) is 8.29. The predicted molar refractivity (Wildman–Crippen MR) is 74.6 cm³/mol. The summed E-state index contributed by atoms with van der Waals surface area (Å²) in [5.74, 6) is 0.711. The summed E-state index contributed by atoms with van der Waals surface area (Å²) in [7, 11) is 0. The van der Waals surface area contributed by atoms with E-state index in [0.29, 0.717) is 25.6 Å². The van der Waals surface area contributed by atoms with Gasteiger partial charge < -0.3 is 15.2 Å². The lowest BCUT2D eigenvalue weighted by atomic mass is 10.1. The van der Waals surface area contributed by atoms with Crippen LogP contribution in [0.5, 0.6) is 0 Å². The molecule has 2 N–H and O–H groups in total. The Morgan fingerprint density at radius 1 is 1.42 bits per heavy atom. The molecule has 19 heavy (non-hydrogen) atoms. The van der Waals surface area contributed by atoms with Crippen molar-refractivity contribution < 1.29 is 9.84 Å². The molecule has 1 unspecified atom stereocenters. The molecule has 1 aromatic rings. The van der Waals surface area contributed by atoms with E-state index in [-0.39, 0.29) is 0 Å². The number of hydrogen-bond donors (Lipinski definition) is 2. The predicted octanol–water partition coefficient (Wildman–Crippen LogP) is 1.38. The Labute approximate surface area is 115 Å². The molecule has 0 spiro atoms. The van der Waals surface area contributed by atoms with Gasteiger partial charge in [-0.1, -0.05) is 13.8 Å². The summed E-state index contributed by atoms with van der Waals surface area (Å²) in [6.45, 7) is 6.65. The molecule has 0 amide bonds. The van der Waals surface area contributed by atoms with Gasteiger partial charge in [-0.2, -0.15) is 0 Å². The lowest BCUT2D eigenvalue weighted by Crippen LogP contribution is -2.30. The van der Waals surface area contributed by atoms with Crippen LogP contribution in [0.4, 0.5) is 0 Å². The van der Waals surface area contributed by atoms with Crippen LogP contribution in [0.25, 0.3) is 0 Å². The Hall–Kier alpha value is -1.04. The van der Waals surface area contributed by atoms with Gasteiger partial charge in [0.15, 0.2) is 0 Å². The first kappa shape index (κ1) is 16.0. The van der Waals surface area contributed by atoms with Crippen LogP contribution in [0.2, 0.25) is 0 Å². The van der Waals surface area contributed by atoms with Crippen LogP contribution in [0, 0.1) is 5.92 Å². The summed E-state index contributed by atoms with van der Waals surface area (Å²) < 4.78 is 5.43. The fourth-order valence-electron chi connectivity index (χ4n) is 1.66. The third-order valence-corrected chi connectivity index (χ3v) is 2.71. The zero-order chi connectivity index (χ0) is 13.9. The summed E-state index contributed by atoms with van der Waals surface area (Å²) >= 11 is 0. The number of ether oxygens (including phenoxy) is 1. The van der Waals surface area contributed by atoms with Crippen molar-refractivity contribution in [2.24, 2.45) is 5.92 Å². The minimum atomic E-state index is -0.471. The molecule has 1 aromatic heterocycles. The van der Waals surface area contributed by atoms with Crippen LogP contribution in [0.15, 0.2) is 18.6 Å². The number of hydrogen-bond acceptors (Lipinski definition) is 5. The molecular formula is C14H25N3O2. The molecule has 0 aliphatic carbocycles. The molecule has 0 fully saturated rings. The summed E-state index contributed by atoms with van der Waals surface area (Å²) in [5.41, 5.74) is 0.917. The minimum absolute atomic E-state index is 0.384. The van der Waals surface area contributed by atoms with Crippen LogP contribution in [-0.2, 0) is 11.3 Å². The zero-order valence-electron chi connectivity index (χ0n) is 11.9. The second-order valence-electron chi connectivity index (χ2n) is 5.10. The Balaban J connectivity index is 1.97. The molecule has 1 atom stereocenters. The largest absolute Gasteiger partial charge is 0.389 e. The van der Waals surface area contributed by atoms with Crippen molar-refractivity contribution in [2.75, 3.05) is 19.8 Å². The Morgan fingerprint density at radius 3 is 2.95 bits per heavy atom. The van der Waals surface area contributed by atoms with Crippen molar-refractivity contribution in [1.82, 2.24) is 15.3 Å². The van der Waals surface area contributed by atoms with Gasteiger partial charge in [0.05, 0.1) is 18.4 Å². The molecule has 5 heteroatoms. The maximum Gasteiger partial charge on any atom is 0.115 e. The molecule has 108 valence electrons. The molecule has 5 nitrogen and oxygen atoms in total. The summed E-state index contributed by atoms with van der Waals surface area (Å²) in [6.07, 6.45) is 4.98. The SMILES string of the molecule is CC(C)CCCOCC(O)CNCc1ccncn1. The van der Waals surface area contributed by atoms with Crippen molar-refractivity contribution in [3.05, 3.63) is 24.3 Å². The van der Waals surface area contributed by atoms with Crippen LogP contribution >= 0.6 is 0 Å². The lowest BCUT2D eigenvalue weighted by Gasteiger charge is -2.12. The Bertz CT molecular complexity index is 320. The van der Waals surface area contributed by atoms with Gasteiger partial charge in [-0.25, -0.2) is 9.97 Å². The smallest absolute Gasteiger partial charge is 0.115 e. The third kappa shape index (κ3) is 8.64. The molecule has 0 aliphatic heterocycles. The van der Waals surface area contributed by atoms with Crippen molar-refractivity contribution in [3.8, 4) is 0 Å². The van der Waals surface area contributed by atoms with Gasteiger partial charge in [0, 0.05) is 25.9 Å². The molecule has 0 bridgehead atoms. The van der Waals surface area contributed by atoms with Crippen LogP contribution in [0.3, 0.4) is 0 Å². The maximum atomic E-state index is 9.72. The number of aliphatic hydroxyl groups is 1. The maximum absolute atomic E-state index is 9.72. The Morgan fingerprint density at radius 2 is 2.26 bits per heavy atom. The fraction of sp³-hybridized carbons (Fsp3) is 0.714. The van der Waals surface area contributed by atoms with Gasteiger partial charge in [0.2, 0.25) is 0 Å². The second kappa shape index (κ2) is 9.83. The summed E-state index contributed by atoms with van der Waals surface area (Å²) in [6, 6.07) is 1.85. The first-order chi connectivity index (χ1) is 9.18.